The van der Waals surface area contributed by atoms with Gasteiger partial charge in [-0.1, -0.05) is 5.21 Å². The number of hydrogen-bond acceptors (Lipinski definition) is 4. The second-order valence-corrected chi connectivity index (χ2v) is 4.84. The van der Waals surface area contributed by atoms with Gasteiger partial charge < -0.3 is 4.42 Å². The van der Waals surface area contributed by atoms with E-state index in [2.05, 4.69) is 22.1 Å². The molecule has 1 unspecified atom stereocenters. The fourth-order valence-corrected chi connectivity index (χ4v) is 2.66. The van der Waals surface area contributed by atoms with Crippen molar-refractivity contribution in [2.24, 2.45) is 0 Å². The lowest BCUT2D eigenvalue weighted by molar-refractivity contribution is 0.125. The van der Waals surface area contributed by atoms with E-state index < -0.39 is 0 Å². The lowest BCUT2D eigenvalue weighted by Crippen LogP contribution is -2.36. The van der Waals surface area contributed by atoms with Crippen LogP contribution < -0.4 is 0 Å². The van der Waals surface area contributed by atoms with Crippen LogP contribution in [0.25, 0.3) is 0 Å². The Kier molecular flexibility index (Phi) is 3.15. The van der Waals surface area contributed by atoms with Gasteiger partial charge in [0.2, 0.25) is 0 Å². The average Bonchev–Trinajstić information content (AvgIpc) is 3.11. The molecule has 5 heteroatoms. The van der Waals surface area contributed by atoms with Crippen LogP contribution >= 0.6 is 0 Å². The third-order valence-electron chi connectivity index (χ3n) is 3.82. The van der Waals surface area contributed by atoms with Crippen LogP contribution in [0.15, 0.2) is 35.2 Å². The van der Waals surface area contributed by atoms with Crippen molar-refractivity contribution in [1.82, 2.24) is 19.9 Å². The number of hydrogen-bond donors (Lipinski definition) is 0. The molecule has 0 spiro atoms. The van der Waals surface area contributed by atoms with Crippen molar-refractivity contribution in [3.8, 4) is 0 Å². The summed E-state index contributed by atoms with van der Waals surface area (Å²) in [6.45, 7) is 4.35. The Balaban J connectivity index is 1.60. The van der Waals surface area contributed by atoms with Gasteiger partial charge in [0.1, 0.15) is 5.76 Å². The van der Waals surface area contributed by atoms with E-state index in [0.717, 1.165) is 31.7 Å². The van der Waals surface area contributed by atoms with Crippen molar-refractivity contribution in [3.63, 3.8) is 0 Å². The molecule has 0 saturated carbocycles. The summed E-state index contributed by atoms with van der Waals surface area (Å²) in [5.41, 5.74) is 0. The Bertz CT molecular complexity index is 457. The lowest BCUT2D eigenvalue weighted by atomic mass is 10.0. The van der Waals surface area contributed by atoms with Gasteiger partial charge in [0, 0.05) is 19.3 Å². The van der Waals surface area contributed by atoms with E-state index in [-0.39, 0.29) is 0 Å². The van der Waals surface area contributed by atoms with E-state index in [0.29, 0.717) is 12.1 Å². The number of furan rings is 1. The van der Waals surface area contributed by atoms with Gasteiger partial charge in [0.25, 0.3) is 0 Å². The van der Waals surface area contributed by atoms with E-state index in [4.69, 9.17) is 4.42 Å². The lowest BCUT2D eigenvalue weighted by Gasteiger charge is -2.35. The smallest absolute Gasteiger partial charge is 0.120 e. The molecule has 2 aromatic rings. The Morgan fingerprint density at radius 1 is 1.39 bits per heavy atom. The largest absolute Gasteiger partial charge is 0.468 e. The van der Waals surface area contributed by atoms with Gasteiger partial charge in [0.15, 0.2) is 0 Å². The molecule has 0 radical (unpaired) electrons. The van der Waals surface area contributed by atoms with Gasteiger partial charge in [-0.2, -0.15) is 0 Å². The number of piperidine rings is 1. The molecular formula is C13H18N4O. The predicted molar refractivity (Wildman–Crippen MR) is 67.0 cm³/mol. The van der Waals surface area contributed by atoms with Crippen molar-refractivity contribution in [2.45, 2.75) is 31.8 Å². The standard InChI is InChI=1S/C13H18N4O/c1-11(13-3-2-10-18-13)16-7-4-12(5-8-16)17-9-6-14-15-17/h2-3,6,9-12H,4-5,7-8H2,1H3. The molecule has 96 valence electrons. The molecule has 1 atom stereocenters. The highest BCUT2D eigenvalue weighted by molar-refractivity contribution is 5.04. The van der Waals surface area contributed by atoms with Crippen LogP contribution in [-0.2, 0) is 0 Å². The maximum Gasteiger partial charge on any atom is 0.120 e. The molecule has 3 rings (SSSR count). The summed E-state index contributed by atoms with van der Waals surface area (Å²) in [4.78, 5) is 2.46. The van der Waals surface area contributed by atoms with Crippen molar-refractivity contribution in [2.75, 3.05) is 13.1 Å². The van der Waals surface area contributed by atoms with Crippen molar-refractivity contribution < 1.29 is 4.42 Å². The van der Waals surface area contributed by atoms with Gasteiger partial charge in [-0.05, 0) is 31.9 Å². The first kappa shape index (κ1) is 11.5. The van der Waals surface area contributed by atoms with Gasteiger partial charge in [0.05, 0.1) is 24.5 Å². The maximum atomic E-state index is 5.48. The number of rotatable bonds is 3. The molecule has 1 saturated heterocycles. The second-order valence-electron chi connectivity index (χ2n) is 4.84. The first-order valence-electron chi connectivity index (χ1n) is 6.48. The maximum absolute atomic E-state index is 5.48. The third-order valence-corrected chi connectivity index (χ3v) is 3.82. The van der Waals surface area contributed by atoms with Crippen molar-refractivity contribution >= 4 is 0 Å². The molecule has 1 aliphatic rings. The Morgan fingerprint density at radius 2 is 2.22 bits per heavy atom. The molecule has 0 aliphatic carbocycles. The number of aromatic nitrogens is 3. The Labute approximate surface area is 106 Å². The summed E-state index contributed by atoms with van der Waals surface area (Å²) in [6, 6.07) is 4.85. The molecule has 5 nitrogen and oxygen atoms in total. The van der Waals surface area contributed by atoms with Gasteiger partial charge in [-0.15, -0.1) is 5.10 Å². The summed E-state index contributed by atoms with van der Waals surface area (Å²) < 4.78 is 7.46. The van der Waals surface area contributed by atoms with E-state index >= 15 is 0 Å². The highest BCUT2D eigenvalue weighted by Gasteiger charge is 2.25. The molecule has 1 aliphatic heterocycles. The van der Waals surface area contributed by atoms with Crippen LogP contribution in [0.5, 0.6) is 0 Å². The van der Waals surface area contributed by atoms with Crippen LogP contribution in [-0.4, -0.2) is 33.0 Å². The second kappa shape index (κ2) is 4.94. The molecule has 18 heavy (non-hydrogen) atoms. The van der Waals surface area contributed by atoms with Crippen molar-refractivity contribution in [1.29, 1.82) is 0 Å². The van der Waals surface area contributed by atoms with E-state index in [1.807, 2.05) is 23.0 Å². The van der Waals surface area contributed by atoms with E-state index in [1.54, 1.807) is 12.5 Å². The molecule has 2 aromatic heterocycles. The van der Waals surface area contributed by atoms with Gasteiger partial charge >= 0.3 is 0 Å². The molecule has 0 N–H and O–H groups in total. The quantitative estimate of drug-likeness (QED) is 0.833. The zero-order valence-corrected chi connectivity index (χ0v) is 10.6. The van der Waals surface area contributed by atoms with Crippen molar-refractivity contribution in [3.05, 3.63) is 36.5 Å². The first-order chi connectivity index (χ1) is 8.84. The Morgan fingerprint density at radius 3 is 2.83 bits per heavy atom. The SMILES string of the molecule is CC(c1ccco1)N1CCC(n2ccnn2)CC1. The minimum absolute atomic E-state index is 0.358. The van der Waals surface area contributed by atoms with E-state index in [1.165, 1.54) is 0 Å². The summed E-state index contributed by atoms with van der Waals surface area (Å²) in [7, 11) is 0. The third kappa shape index (κ3) is 2.18. The van der Waals surface area contributed by atoms with Gasteiger partial charge in [-0.3, -0.25) is 4.90 Å². The molecule has 3 heterocycles. The Hall–Kier alpha value is -1.62. The van der Waals surface area contributed by atoms with Crippen LogP contribution in [0.3, 0.4) is 0 Å². The van der Waals surface area contributed by atoms with E-state index in [9.17, 15) is 0 Å². The fourth-order valence-electron chi connectivity index (χ4n) is 2.66. The number of likely N-dealkylation sites (tertiary alicyclic amines) is 1. The van der Waals surface area contributed by atoms with Gasteiger partial charge in [-0.25, -0.2) is 4.68 Å². The summed E-state index contributed by atoms with van der Waals surface area (Å²) >= 11 is 0. The summed E-state index contributed by atoms with van der Waals surface area (Å²) in [5.74, 6) is 1.05. The van der Waals surface area contributed by atoms with Crippen LogP contribution in [0.2, 0.25) is 0 Å². The fraction of sp³-hybridized carbons (Fsp3) is 0.538. The topological polar surface area (TPSA) is 47.1 Å². The highest BCUT2D eigenvalue weighted by atomic mass is 16.3. The van der Waals surface area contributed by atoms with Crippen LogP contribution in [0, 0.1) is 0 Å². The van der Waals surface area contributed by atoms with Crippen LogP contribution in [0.4, 0.5) is 0 Å². The minimum atomic E-state index is 0.358. The molecule has 0 aromatic carbocycles. The summed E-state index contributed by atoms with van der Waals surface area (Å²) in [6.07, 6.45) is 7.69. The molecule has 1 fully saturated rings. The monoisotopic (exact) mass is 246 g/mol. The molecule has 0 amide bonds. The first-order valence-corrected chi connectivity index (χ1v) is 6.48. The van der Waals surface area contributed by atoms with Crippen LogP contribution in [0.1, 0.15) is 37.6 Å². The zero-order chi connectivity index (χ0) is 12.4. The molecular weight excluding hydrogens is 228 g/mol. The number of nitrogens with zero attached hydrogens (tertiary/aromatic N) is 4. The average molecular weight is 246 g/mol. The minimum Gasteiger partial charge on any atom is -0.468 e. The predicted octanol–water partition coefficient (Wildman–Crippen LogP) is 2.27. The highest BCUT2D eigenvalue weighted by Crippen LogP contribution is 2.28. The molecule has 0 bridgehead atoms. The normalized spacial score (nSPS) is 20.1. The zero-order valence-electron chi connectivity index (χ0n) is 10.6. The summed E-state index contributed by atoms with van der Waals surface area (Å²) in [5, 5.41) is 7.97.